The predicted molar refractivity (Wildman–Crippen MR) is 110 cm³/mol. The van der Waals surface area contributed by atoms with Crippen molar-refractivity contribution in [2.75, 3.05) is 20.3 Å². The van der Waals surface area contributed by atoms with E-state index in [2.05, 4.69) is 5.32 Å². The van der Waals surface area contributed by atoms with Gasteiger partial charge in [0.15, 0.2) is 0 Å². The van der Waals surface area contributed by atoms with Gasteiger partial charge in [-0.1, -0.05) is 26.3 Å². The highest BCUT2D eigenvalue weighted by Crippen LogP contribution is 2.44. The number of alkyl halides is 3. The summed E-state index contributed by atoms with van der Waals surface area (Å²) in [6.07, 6.45) is -3.97. The Morgan fingerprint density at radius 2 is 2.03 bits per heavy atom. The predicted octanol–water partition coefficient (Wildman–Crippen LogP) is 5.21. The molecule has 2 unspecified atom stereocenters. The molecule has 0 amide bonds. The van der Waals surface area contributed by atoms with Crippen LogP contribution < -0.4 is 5.32 Å². The van der Waals surface area contributed by atoms with Crippen LogP contribution >= 0.6 is 0 Å². The number of carbonyl (C=O) groups excluding carboxylic acids is 1. The Labute approximate surface area is 184 Å². The van der Waals surface area contributed by atoms with Gasteiger partial charge in [0.2, 0.25) is 0 Å². The first kappa shape index (κ1) is 25.4. The number of ether oxygens (including phenoxy) is 2. The van der Waals surface area contributed by atoms with Gasteiger partial charge >= 0.3 is 12.1 Å². The summed E-state index contributed by atoms with van der Waals surface area (Å²) in [6, 6.07) is 4.14. The number of nitrogens with zero attached hydrogens (tertiary/aromatic N) is 1. The number of hydrogen-bond donors (Lipinski definition) is 1. The normalized spacial score (nSPS) is 17.7. The molecule has 5 nitrogen and oxygen atoms in total. The Bertz CT molecular complexity index is 961. The summed E-state index contributed by atoms with van der Waals surface area (Å²) in [7, 11) is 1.45. The van der Waals surface area contributed by atoms with Crippen LogP contribution in [-0.2, 0) is 20.4 Å². The van der Waals surface area contributed by atoms with E-state index >= 15 is 0 Å². The van der Waals surface area contributed by atoms with E-state index in [9.17, 15) is 27.6 Å². The standard InChI is InChI=1S/C23H26F4N2O3/c1-5-13(2)12-32-22(30)21-19(8-9-31-4)29-14(3)17(11-28)20(21)16-7-6-15(24)10-18(16)23(25,26)27/h6-7,10,13,20,29H,5,8-9,12H2,1-4H3. The maximum Gasteiger partial charge on any atom is 0.416 e. The summed E-state index contributed by atoms with van der Waals surface area (Å²) < 4.78 is 65.6. The second kappa shape index (κ2) is 10.6. The lowest BCUT2D eigenvalue weighted by Crippen LogP contribution is -2.32. The molecule has 1 aliphatic heterocycles. The highest BCUT2D eigenvalue weighted by Gasteiger charge is 2.42. The molecule has 2 rings (SSSR count). The van der Waals surface area contributed by atoms with Crippen molar-refractivity contribution in [3.63, 3.8) is 0 Å². The molecule has 2 atom stereocenters. The van der Waals surface area contributed by atoms with Crippen LogP contribution in [-0.4, -0.2) is 26.3 Å². The van der Waals surface area contributed by atoms with Gasteiger partial charge in [0.05, 0.1) is 41.9 Å². The number of methoxy groups -OCH3 is 1. The molecule has 1 aromatic carbocycles. The minimum atomic E-state index is -4.89. The van der Waals surface area contributed by atoms with Crippen molar-refractivity contribution in [1.82, 2.24) is 5.32 Å². The van der Waals surface area contributed by atoms with Gasteiger partial charge in [-0.05, 0) is 30.5 Å². The Balaban J connectivity index is 2.73. The maximum absolute atomic E-state index is 13.8. The minimum absolute atomic E-state index is 0.0428. The number of carbonyl (C=O) groups is 1. The molecule has 0 aromatic heterocycles. The Morgan fingerprint density at radius 3 is 2.59 bits per heavy atom. The molecule has 1 heterocycles. The van der Waals surface area contributed by atoms with Crippen molar-refractivity contribution >= 4 is 5.97 Å². The van der Waals surface area contributed by atoms with Crippen LogP contribution in [0.5, 0.6) is 0 Å². The third-order valence-corrected chi connectivity index (χ3v) is 5.37. The molecule has 1 aliphatic rings. The third kappa shape index (κ3) is 5.68. The largest absolute Gasteiger partial charge is 0.462 e. The minimum Gasteiger partial charge on any atom is -0.462 e. The van der Waals surface area contributed by atoms with Gasteiger partial charge in [-0.3, -0.25) is 0 Å². The lowest BCUT2D eigenvalue weighted by molar-refractivity contribution is -0.141. The van der Waals surface area contributed by atoms with Gasteiger partial charge in [-0.15, -0.1) is 0 Å². The number of nitriles is 1. The van der Waals surface area contributed by atoms with Gasteiger partial charge < -0.3 is 14.8 Å². The zero-order valence-corrected chi connectivity index (χ0v) is 18.4. The number of nitrogens with one attached hydrogen (secondary N) is 1. The van der Waals surface area contributed by atoms with Crippen LogP contribution in [0.15, 0.2) is 40.7 Å². The smallest absolute Gasteiger partial charge is 0.416 e. The second-order valence-corrected chi connectivity index (χ2v) is 7.68. The SMILES string of the molecule is CCC(C)COC(=O)C1=C(CCOC)NC(C)=C(C#N)C1c1ccc(F)cc1C(F)(F)F. The van der Waals surface area contributed by atoms with E-state index in [1.54, 1.807) is 0 Å². The average Bonchev–Trinajstić information content (AvgIpc) is 2.74. The van der Waals surface area contributed by atoms with Gasteiger partial charge in [0.25, 0.3) is 0 Å². The molecule has 174 valence electrons. The molecular weight excluding hydrogens is 428 g/mol. The molecular formula is C23H26F4N2O3. The van der Waals surface area contributed by atoms with Gasteiger partial charge in [0, 0.05) is 24.9 Å². The van der Waals surface area contributed by atoms with Crippen molar-refractivity contribution in [3.05, 3.63) is 57.7 Å². The number of benzene rings is 1. The zero-order chi connectivity index (χ0) is 24.1. The molecule has 32 heavy (non-hydrogen) atoms. The van der Waals surface area contributed by atoms with Crippen LogP contribution in [0.3, 0.4) is 0 Å². The van der Waals surface area contributed by atoms with Crippen LogP contribution in [0.4, 0.5) is 17.6 Å². The van der Waals surface area contributed by atoms with Crippen molar-refractivity contribution in [2.24, 2.45) is 5.92 Å². The molecule has 0 fully saturated rings. The highest BCUT2D eigenvalue weighted by atomic mass is 19.4. The van der Waals surface area contributed by atoms with Crippen molar-refractivity contribution in [2.45, 2.75) is 45.7 Å². The first-order valence-corrected chi connectivity index (χ1v) is 10.2. The summed E-state index contributed by atoms with van der Waals surface area (Å²) in [4.78, 5) is 13.1. The number of allylic oxidation sites excluding steroid dienone is 2. The number of dihydropyridines is 1. The van der Waals surface area contributed by atoms with Crippen LogP contribution in [0.25, 0.3) is 0 Å². The van der Waals surface area contributed by atoms with E-state index in [0.29, 0.717) is 17.5 Å². The Kier molecular flexibility index (Phi) is 8.44. The first-order valence-electron chi connectivity index (χ1n) is 10.2. The summed E-state index contributed by atoms with van der Waals surface area (Å²) in [5.41, 5.74) is -1.20. The highest BCUT2D eigenvalue weighted by molar-refractivity contribution is 5.93. The molecule has 0 spiro atoms. The molecule has 0 bridgehead atoms. The van der Waals surface area contributed by atoms with E-state index in [0.717, 1.165) is 18.6 Å². The van der Waals surface area contributed by atoms with Gasteiger partial charge in [-0.25, -0.2) is 9.18 Å². The Morgan fingerprint density at radius 1 is 1.34 bits per heavy atom. The fraction of sp³-hybridized carbons (Fsp3) is 0.478. The van der Waals surface area contributed by atoms with Crippen molar-refractivity contribution in [1.29, 1.82) is 5.26 Å². The molecule has 0 aliphatic carbocycles. The van der Waals surface area contributed by atoms with E-state index in [4.69, 9.17) is 9.47 Å². The Hall–Kier alpha value is -2.86. The number of hydrogen-bond acceptors (Lipinski definition) is 5. The third-order valence-electron chi connectivity index (χ3n) is 5.37. The van der Waals surface area contributed by atoms with Crippen molar-refractivity contribution in [3.8, 4) is 6.07 Å². The number of esters is 1. The van der Waals surface area contributed by atoms with E-state index < -0.39 is 29.4 Å². The summed E-state index contributed by atoms with van der Waals surface area (Å²) in [5, 5.41) is 12.7. The van der Waals surface area contributed by atoms with Crippen molar-refractivity contribution < 1.29 is 31.8 Å². The van der Waals surface area contributed by atoms with Crippen LogP contribution in [0.2, 0.25) is 0 Å². The topological polar surface area (TPSA) is 71.3 Å². The summed E-state index contributed by atoms with van der Waals surface area (Å²) >= 11 is 0. The quantitative estimate of drug-likeness (QED) is 0.431. The number of rotatable bonds is 8. The monoisotopic (exact) mass is 454 g/mol. The second-order valence-electron chi connectivity index (χ2n) is 7.68. The van der Waals surface area contributed by atoms with E-state index in [-0.39, 0.29) is 42.3 Å². The van der Waals surface area contributed by atoms with Gasteiger partial charge in [-0.2, -0.15) is 18.4 Å². The summed E-state index contributed by atoms with van der Waals surface area (Å²) in [6.45, 7) is 5.58. The molecule has 9 heteroatoms. The maximum atomic E-state index is 13.8. The molecule has 0 radical (unpaired) electrons. The van der Waals surface area contributed by atoms with E-state index in [1.165, 1.54) is 14.0 Å². The molecule has 1 aromatic rings. The fourth-order valence-corrected chi connectivity index (χ4v) is 3.44. The molecule has 0 saturated heterocycles. The van der Waals surface area contributed by atoms with Crippen LogP contribution in [0.1, 0.15) is 50.7 Å². The number of halogens is 4. The summed E-state index contributed by atoms with van der Waals surface area (Å²) in [5.74, 6) is -3.22. The first-order chi connectivity index (χ1) is 15.0. The van der Waals surface area contributed by atoms with Gasteiger partial charge in [0.1, 0.15) is 5.82 Å². The average molecular weight is 454 g/mol. The fourth-order valence-electron chi connectivity index (χ4n) is 3.44. The van der Waals surface area contributed by atoms with Crippen LogP contribution in [0, 0.1) is 23.1 Å². The molecule has 1 N–H and O–H groups in total. The zero-order valence-electron chi connectivity index (χ0n) is 18.4. The lowest BCUT2D eigenvalue weighted by atomic mass is 9.78. The molecule has 0 saturated carbocycles. The van der Waals surface area contributed by atoms with E-state index in [1.807, 2.05) is 19.9 Å². The lowest BCUT2D eigenvalue weighted by Gasteiger charge is -2.31.